The molecule has 0 saturated carbocycles. The van der Waals surface area contributed by atoms with Gasteiger partial charge in [-0.15, -0.1) is 11.3 Å². The Morgan fingerprint density at radius 3 is 0.923 bits per heavy atom. The van der Waals surface area contributed by atoms with Crippen LogP contribution in [-0.4, -0.2) is 9.97 Å². The summed E-state index contributed by atoms with van der Waals surface area (Å²) in [6, 6.07) is 109. The smallest absolute Gasteiger partial charge is 0.109 e. The van der Waals surface area contributed by atoms with E-state index in [1.54, 1.807) is 0 Å². The third-order valence-electron chi connectivity index (χ3n) is 20.0. The summed E-state index contributed by atoms with van der Waals surface area (Å²) in [5.41, 5.74) is 27.0. The van der Waals surface area contributed by atoms with Gasteiger partial charge in [0.15, 0.2) is 0 Å². The van der Waals surface area contributed by atoms with Gasteiger partial charge in [-0.05, 0) is 134 Å². The lowest BCUT2D eigenvalue weighted by Gasteiger charge is -2.34. The predicted octanol–water partition coefficient (Wildman–Crippen LogP) is 23.1. The molecule has 0 atom stereocenters. The van der Waals surface area contributed by atoms with Crippen LogP contribution < -0.4 is 0 Å². The van der Waals surface area contributed by atoms with Crippen LogP contribution in [0.3, 0.4) is 0 Å². The van der Waals surface area contributed by atoms with Crippen LogP contribution in [0.25, 0.3) is 109 Å². The molecular formula is C88H66N2S. The number of hydrogen-bond donors (Lipinski definition) is 0. The predicted molar refractivity (Wildman–Crippen MR) is 384 cm³/mol. The quantitative estimate of drug-likeness (QED) is 0.142. The Morgan fingerprint density at radius 2 is 0.571 bits per heavy atom. The highest BCUT2D eigenvalue weighted by molar-refractivity contribution is 7.21. The number of fused-ring (bicyclic) bond motifs is 13. The van der Waals surface area contributed by atoms with Crippen LogP contribution >= 0.6 is 11.3 Å². The Hall–Kier alpha value is -10.3. The lowest BCUT2D eigenvalue weighted by atomic mass is 9.67. The zero-order valence-electron chi connectivity index (χ0n) is 52.0. The van der Waals surface area contributed by atoms with Gasteiger partial charge in [-0.3, -0.25) is 0 Å². The topological polar surface area (TPSA) is 25.8 Å². The molecule has 2 aliphatic carbocycles. The van der Waals surface area contributed by atoms with E-state index in [1.807, 2.05) is 11.3 Å². The van der Waals surface area contributed by atoms with Gasteiger partial charge in [0.2, 0.25) is 0 Å². The number of rotatable bonds is 8. The molecule has 0 fully saturated rings. The van der Waals surface area contributed by atoms with Crippen molar-refractivity contribution in [2.24, 2.45) is 0 Å². The van der Waals surface area contributed by atoms with Crippen molar-refractivity contribution in [3.05, 3.63) is 347 Å². The number of thiophene rings is 1. The molecule has 0 spiro atoms. The normalized spacial score (nSPS) is 13.8. The van der Waals surface area contributed by atoms with Crippen LogP contribution in [-0.2, 0) is 21.7 Å². The third kappa shape index (κ3) is 8.23. The molecule has 0 amide bonds. The standard InChI is InChI=1S/C88H66N2S/c1-85(2,3)59-47-41-55(42-48-59)57-45-51-65-71(53-57)72-54-58(56-43-49-60(50-44-56)86(4,5)6)46-52-66(72)80-79(65)89-81-82(90-80)84(70-36-24-40-76-78(70)68-34-20-22-38-74(68)88(76,63-29-15-9-16-30-63)64-31-17-10-18-32-64)91-83(81)69-35-23-39-75-77(69)67-33-19-21-37-73(67)87(75,61-25-11-7-12-26-61)62-27-13-8-14-28-62/h7-54H,1-6H3. The van der Waals surface area contributed by atoms with Crippen LogP contribution in [0.5, 0.6) is 0 Å². The first-order chi connectivity index (χ1) is 44.4. The van der Waals surface area contributed by atoms with Crippen LogP contribution in [0.4, 0.5) is 0 Å². The van der Waals surface area contributed by atoms with E-state index < -0.39 is 10.8 Å². The van der Waals surface area contributed by atoms with Crippen molar-refractivity contribution in [3.8, 4) is 65.4 Å². The van der Waals surface area contributed by atoms with Gasteiger partial charge < -0.3 is 0 Å². The zero-order valence-corrected chi connectivity index (χ0v) is 52.8. The maximum Gasteiger partial charge on any atom is 0.109 e. The second-order valence-corrected chi connectivity index (χ2v) is 28.1. The molecule has 2 aromatic heterocycles. The summed E-state index contributed by atoms with van der Waals surface area (Å²) >= 11 is 1.85. The average molecular weight is 1180 g/mol. The second-order valence-electron chi connectivity index (χ2n) is 27.1. The Balaban J connectivity index is 0.993. The van der Waals surface area contributed by atoms with E-state index in [0.717, 1.165) is 64.5 Å². The first-order valence-corrected chi connectivity index (χ1v) is 32.8. The summed E-state index contributed by atoms with van der Waals surface area (Å²) in [5, 5.41) is 4.46. The zero-order chi connectivity index (χ0) is 61.4. The largest absolute Gasteiger partial charge is 0.242 e. The molecule has 3 heteroatoms. The van der Waals surface area contributed by atoms with E-state index in [9.17, 15) is 0 Å². The van der Waals surface area contributed by atoms with Gasteiger partial charge in [0.05, 0.1) is 31.6 Å². The lowest BCUT2D eigenvalue weighted by Crippen LogP contribution is -2.28. The molecule has 0 radical (unpaired) electrons. The van der Waals surface area contributed by atoms with Crippen LogP contribution in [0.15, 0.2) is 291 Å². The minimum absolute atomic E-state index is 0.0407. The van der Waals surface area contributed by atoms with Gasteiger partial charge in [0.1, 0.15) is 11.0 Å². The number of aromatic nitrogens is 2. The SMILES string of the molecule is CC(C)(C)c1ccc(-c2ccc3c(c2)c2cc(-c4ccc(C(C)(C)C)cc4)ccc2c2nc4c(-c5cccc6c5-c5ccccc5C6(c5ccccc5)c5ccccc5)sc(-c5cccc6c5-c5ccccc5C6(c5ccccc5)c5ccccc5)c4nc32)cc1. The van der Waals surface area contributed by atoms with E-state index in [1.165, 1.54) is 100 Å². The van der Waals surface area contributed by atoms with Crippen LogP contribution in [0.1, 0.15) is 97.2 Å². The van der Waals surface area contributed by atoms with E-state index >= 15 is 0 Å². The summed E-state index contributed by atoms with van der Waals surface area (Å²) in [4.78, 5) is 14.6. The van der Waals surface area contributed by atoms with Crippen molar-refractivity contribution >= 4 is 54.9 Å². The first-order valence-electron chi connectivity index (χ1n) is 32.0. The molecule has 13 aromatic carbocycles. The summed E-state index contributed by atoms with van der Waals surface area (Å²) in [6.45, 7) is 13.7. The summed E-state index contributed by atoms with van der Waals surface area (Å²) < 4.78 is 0. The fourth-order valence-electron chi connectivity index (χ4n) is 15.7. The monoisotopic (exact) mass is 1180 g/mol. The lowest BCUT2D eigenvalue weighted by molar-refractivity contribution is 0.590. The van der Waals surface area contributed by atoms with Crippen LogP contribution in [0.2, 0.25) is 0 Å². The van der Waals surface area contributed by atoms with Crippen molar-refractivity contribution in [2.45, 2.75) is 63.2 Å². The van der Waals surface area contributed by atoms with Crippen molar-refractivity contribution in [1.82, 2.24) is 9.97 Å². The molecule has 91 heavy (non-hydrogen) atoms. The molecule has 0 aliphatic heterocycles. The van der Waals surface area contributed by atoms with Gasteiger partial charge in [-0.2, -0.15) is 0 Å². The number of nitrogens with zero attached hydrogens (tertiary/aromatic N) is 2. The van der Waals surface area contributed by atoms with E-state index in [4.69, 9.17) is 9.97 Å². The minimum Gasteiger partial charge on any atom is -0.242 e. The summed E-state index contributed by atoms with van der Waals surface area (Å²) in [6.07, 6.45) is 0. The first kappa shape index (κ1) is 54.8. The maximum absolute atomic E-state index is 6.18. The molecule has 0 N–H and O–H groups in total. The maximum atomic E-state index is 6.18. The number of benzene rings is 13. The Bertz CT molecular complexity index is 4960. The van der Waals surface area contributed by atoms with E-state index in [2.05, 4.69) is 333 Å². The summed E-state index contributed by atoms with van der Waals surface area (Å²) in [7, 11) is 0. The highest BCUT2D eigenvalue weighted by Gasteiger charge is 2.49. The molecular weight excluding hydrogens is 1120 g/mol. The van der Waals surface area contributed by atoms with Crippen molar-refractivity contribution in [3.63, 3.8) is 0 Å². The highest BCUT2D eigenvalue weighted by atomic mass is 32.1. The van der Waals surface area contributed by atoms with Crippen LogP contribution in [0, 0.1) is 0 Å². The molecule has 17 rings (SSSR count). The molecule has 2 nitrogen and oxygen atoms in total. The fraction of sp³-hybridized carbons (Fsp3) is 0.114. The summed E-state index contributed by atoms with van der Waals surface area (Å²) in [5.74, 6) is 0. The fourth-order valence-corrected chi connectivity index (χ4v) is 16.9. The van der Waals surface area contributed by atoms with Crippen molar-refractivity contribution in [1.29, 1.82) is 0 Å². The van der Waals surface area contributed by atoms with Gasteiger partial charge in [0, 0.05) is 21.9 Å². The van der Waals surface area contributed by atoms with Gasteiger partial charge in [-0.1, -0.05) is 321 Å². The van der Waals surface area contributed by atoms with E-state index in [0.29, 0.717) is 0 Å². The van der Waals surface area contributed by atoms with Gasteiger partial charge in [-0.25, -0.2) is 9.97 Å². The molecule has 2 aliphatic rings. The molecule has 0 unspecified atom stereocenters. The highest BCUT2D eigenvalue weighted by Crippen LogP contribution is 2.62. The molecule has 0 bridgehead atoms. The number of hydrogen-bond acceptors (Lipinski definition) is 3. The Kier molecular flexibility index (Phi) is 12.4. The van der Waals surface area contributed by atoms with E-state index in [-0.39, 0.29) is 10.8 Å². The third-order valence-corrected chi connectivity index (χ3v) is 21.2. The molecule has 434 valence electrons. The van der Waals surface area contributed by atoms with Crippen molar-refractivity contribution in [2.75, 3.05) is 0 Å². The van der Waals surface area contributed by atoms with Gasteiger partial charge >= 0.3 is 0 Å². The van der Waals surface area contributed by atoms with Gasteiger partial charge in [0.25, 0.3) is 0 Å². The van der Waals surface area contributed by atoms with Crippen molar-refractivity contribution < 1.29 is 0 Å². The minimum atomic E-state index is -0.589. The second kappa shape index (κ2) is 20.6. The molecule has 2 heterocycles. The molecule has 0 saturated heterocycles. The molecule has 15 aromatic rings. The Labute approximate surface area is 536 Å². The average Bonchev–Trinajstić information content (AvgIpc) is 1.60. The Morgan fingerprint density at radius 1 is 0.264 bits per heavy atom.